The van der Waals surface area contributed by atoms with Gasteiger partial charge in [0.1, 0.15) is 4.99 Å². The van der Waals surface area contributed by atoms with Crippen LogP contribution in [0.4, 0.5) is 5.69 Å². The van der Waals surface area contributed by atoms with Crippen molar-refractivity contribution in [3.8, 4) is 0 Å². The smallest absolute Gasteiger partial charge is 0.305 e. The van der Waals surface area contributed by atoms with E-state index in [-0.39, 0.29) is 11.0 Å². The number of hydrogen-bond donors (Lipinski definition) is 1. The highest BCUT2D eigenvalue weighted by Gasteiger charge is 2.08. The van der Waals surface area contributed by atoms with Gasteiger partial charge in [-0.15, -0.1) is 0 Å². The summed E-state index contributed by atoms with van der Waals surface area (Å²) in [5, 5.41) is 0.532. The molecule has 0 saturated heterocycles. The van der Waals surface area contributed by atoms with Crippen molar-refractivity contribution in [1.29, 1.82) is 0 Å². The van der Waals surface area contributed by atoms with Crippen molar-refractivity contribution in [2.75, 3.05) is 25.6 Å². The first-order valence-corrected chi connectivity index (χ1v) is 6.61. The van der Waals surface area contributed by atoms with Gasteiger partial charge in [-0.1, -0.05) is 23.8 Å². The van der Waals surface area contributed by atoms with Gasteiger partial charge >= 0.3 is 5.97 Å². The molecule has 0 amide bonds. The van der Waals surface area contributed by atoms with E-state index in [2.05, 4.69) is 4.74 Å². The standard InChI is InChI=1S/C13H17ClN2O2S/c1-16(7-3-4-12(17)18-2)9-5-6-10(13(15)19)11(14)8-9/h5-6,8H,3-4,7H2,1-2H3,(H2,15,19). The number of nitrogens with two attached hydrogens (primary N) is 1. The predicted molar refractivity (Wildman–Crippen MR) is 81.9 cm³/mol. The van der Waals surface area contributed by atoms with Crippen LogP contribution in [0.1, 0.15) is 18.4 Å². The van der Waals surface area contributed by atoms with E-state index in [1.807, 2.05) is 24.1 Å². The van der Waals surface area contributed by atoms with Gasteiger partial charge in [-0.25, -0.2) is 0 Å². The summed E-state index contributed by atoms with van der Waals surface area (Å²) < 4.78 is 4.59. The monoisotopic (exact) mass is 300 g/mol. The Balaban J connectivity index is 2.62. The third-order valence-corrected chi connectivity index (χ3v) is 3.29. The number of methoxy groups -OCH3 is 1. The summed E-state index contributed by atoms with van der Waals surface area (Å²) in [7, 11) is 3.32. The number of thiocarbonyl (C=S) groups is 1. The highest BCUT2D eigenvalue weighted by Crippen LogP contribution is 2.23. The molecule has 104 valence electrons. The van der Waals surface area contributed by atoms with Crippen molar-refractivity contribution >= 4 is 40.5 Å². The Bertz CT molecular complexity index is 480. The van der Waals surface area contributed by atoms with Crippen molar-refractivity contribution in [1.82, 2.24) is 0 Å². The second-order valence-electron chi connectivity index (χ2n) is 4.13. The number of nitrogens with zero attached hydrogens (tertiary/aromatic N) is 1. The number of benzene rings is 1. The number of ether oxygens (including phenoxy) is 1. The van der Waals surface area contributed by atoms with Gasteiger partial charge in [-0.05, 0) is 24.6 Å². The van der Waals surface area contributed by atoms with Gasteiger partial charge in [0.2, 0.25) is 0 Å². The minimum absolute atomic E-state index is 0.199. The minimum atomic E-state index is -0.199. The minimum Gasteiger partial charge on any atom is -0.469 e. The van der Waals surface area contributed by atoms with Crippen LogP contribution in [0.3, 0.4) is 0 Å². The predicted octanol–water partition coefficient (Wildman–Crippen LogP) is 2.36. The summed E-state index contributed by atoms with van der Waals surface area (Å²) in [6.07, 6.45) is 1.12. The number of esters is 1. The Morgan fingerprint density at radius 2 is 2.21 bits per heavy atom. The number of halogens is 1. The van der Waals surface area contributed by atoms with Gasteiger partial charge in [0.05, 0.1) is 12.1 Å². The van der Waals surface area contributed by atoms with Gasteiger partial charge in [0, 0.05) is 31.3 Å². The molecule has 19 heavy (non-hydrogen) atoms. The molecule has 0 bridgehead atoms. The first-order valence-electron chi connectivity index (χ1n) is 5.83. The van der Waals surface area contributed by atoms with E-state index >= 15 is 0 Å². The molecule has 0 radical (unpaired) electrons. The highest BCUT2D eigenvalue weighted by atomic mass is 35.5. The van der Waals surface area contributed by atoms with Crippen molar-refractivity contribution in [2.45, 2.75) is 12.8 Å². The van der Waals surface area contributed by atoms with Gasteiger partial charge in [0.25, 0.3) is 0 Å². The van der Waals surface area contributed by atoms with Crippen LogP contribution in [0.25, 0.3) is 0 Å². The lowest BCUT2D eigenvalue weighted by molar-refractivity contribution is -0.140. The molecule has 1 aromatic carbocycles. The Kier molecular flexibility index (Phi) is 6.05. The van der Waals surface area contributed by atoms with Gasteiger partial charge in [0.15, 0.2) is 0 Å². The van der Waals surface area contributed by atoms with E-state index < -0.39 is 0 Å². The average molecular weight is 301 g/mol. The molecule has 0 aromatic heterocycles. The third kappa shape index (κ3) is 4.69. The molecule has 1 aromatic rings. The van der Waals surface area contributed by atoms with Crippen LogP contribution in [0, 0.1) is 0 Å². The molecule has 0 fully saturated rings. The topological polar surface area (TPSA) is 55.6 Å². The van der Waals surface area contributed by atoms with Crippen LogP contribution < -0.4 is 10.6 Å². The quantitative estimate of drug-likeness (QED) is 0.646. The summed E-state index contributed by atoms with van der Waals surface area (Å²) in [6.45, 7) is 0.734. The lowest BCUT2D eigenvalue weighted by atomic mass is 10.2. The van der Waals surface area contributed by atoms with Gasteiger partial charge < -0.3 is 15.4 Å². The first-order chi connectivity index (χ1) is 8.95. The van der Waals surface area contributed by atoms with Crippen LogP contribution in [0.2, 0.25) is 5.02 Å². The summed E-state index contributed by atoms with van der Waals surface area (Å²) >= 11 is 11.0. The normalized spacial score (nSPS) is 10.1. The van der Waals surface area contributed by atoms with Crippen molar-refractivity contribution in [3.05, 3.63) is 28.8 Å². The van der Waals surface area contributed by atoms with Gasteiger partial charge in [-0.2, -0.15) is 0 Å². The fourth-order valence-electron chi connectivity index (χ4n) is 1.63. The Morgan fingerprint density at radius 1 is 1.53 bits per heavy atom. The zero-order chi connectivity index (χ0) is 14.4. The van der Waals surface area contributed by atoms with E-state index in [4.69, 9.17) is 29.6 Å². The zero-order valence-corrected chi connectivity index (χ0v) is 12.6. The second-order valence-corrected chi connectivity index (χ2v) is 4.98. The molecule has 1 rings (SSSR count). The summed E-state index contributed by atoms with van der Waals surface area (Å²) in [4.78, 5) is 13.3. The van der Waals surface area contributed by atoms with E-state index in [0.29, 0.717) is 17.0 Å². The van der Waals surface area contributed by atoms with Crippen LogP contribution in [-0.4, -0.2) is 31.7 Å². The molecular weight excluding hydrogens is 284 g/mol. The van der Waals surface area contributed by atoms with Crippen molar-refractivity contribution < 1.29 is 9.53 Å². The van der Waals surface area contributed by atoms with Crippen LogP contribution in [0.15, 0.2) is 18.2 Å². The molecular formula is C13H17ClN2O2S. The summed E-state index contributed by atoms with van der Waals surface area (Å²) in [5.41, 5.74) is 7.17. The molecule has 0 aliphatic rings. The average Bonchev–Trinajstić information content (AvgIpc) is 2.37. The molecule has 0 saturated carbocycles. The molecule has 0 heterocycles. The van der Waals surface area contributed by atoms with Crippen LogP contribution in [-0.2, 0) is 9.53 Å². The third-order valence-electron chi connectivity index (χ3n) is 2.76. The molecule has 2 N–H and O–H groups in total. The molecule has 0 atom stereocenters. The van der Waals surface area contributed by atoms with E-state index in [1.165, 1.54) is 7.11 Å². The zero-order valence-electron chi connectivity index (χ0n) is 11.0. The maximum Gasteiger partial charge on any atom is 0.305 e. The highest BCUT2D eigenvalue weighted by molar-refractivity contribution is 7.80. The number of carbonyl (C=O) groups is 1. The molecule has 0 unspecified atom stereocenters. The Morgan fingerprint density at radius 3 is 2.74 bits per heavy atom. The van der Waals surface area contributed by atoms with E-state index in [9.17, 15) is 4.79 Å². The molecule has 4 nitrogen and oxygen atoms in total. The Hall–Kier alpha value is -1.33. The van der Waals surface area contributed by atoms with Crippen molar-refractivity contribution in [3.63, 3.8) is 0 Å². The maximum atomic E-state index is 11.0. The number of hydrogen-bond acceptors (Lipinski definition) is 4. The Labute approximate surface area is 123 Å². The second kappa shape index (κ2) is 7.31. The molecule has 0 aliphatic heterocycles. The summed E-state index contributed by atoms with van der Waals surface area (Å²) in [6, 6.07) is 5.52. The fraction of sp³-hybridized carbons (Fsp3) is 0.385. The summed E-state index contributed by atoms with van der Waals surface area (Å²) in [5.74, 6) is -0.199. The maximum absolute atomic E-state index is 11.0. The lowest BCUT2D eigenvalue weighted by Crippen LogP contribution is -2.20. The van der Waals surface area contributed by atoms with Gasteiger partial charge in [-0.3, -0.25) is 4.79 Å². The SMILES string of the molecule is COC(=O)CCCN(C)c1ccc(C(N)=S)c(Cl)c1. The van der Waals surface area contributed by atoms with Crippen LogP contribution in [0.5, 0.6) is 0 Å². The van der Waals surface area contributed by atoms with E-state index in [0.717, 1.165) is 18.7 Å². The first kappa shape index (κ1) is 15.7. The molecule has 0 spiro atoms. The lowest BCUT2D eigenvalue weighted by Gasteiger charge is -2.19. The van der Waals surface area contributed by atoms with Crippen LogP contribution >= 0.6 is 23.8 Å². The fourth-order valence-corrected chi connectivity index (χ4v) is 2.14. The van der Waals surface area contributed by atoms with Crippen molar-refractivity contribution in [2.24, 2.45) is 5.73 Å². The number of anilines is 1. The van der Waals surface area contributed by atoms with E-state index in [1.54, 1.807) is 6.07 Å². The largest absolute Gasteiger partial charge is 0.469 e. The number of rotatable bonds is 6. The molecule has 0 aliphatic carbocycles. The molecule has 6 heteroatoms. The number of carbonyl (C=O) groups excluding carboxylic acids is 1.